The smallest absolute Gasteiger partial charge is 0.185 e. The molecule has 0 aromatic carbocycles. The van der Waals surface area contributed by atoms with Gasteiger partial charge in [0.2, 0.25) is 0 Å². The Morgan fingerprint density at radius 1 is 1.53 bits per heavy atom. The third kappa shape index (κ3) is 3.42. The number of thiazole rings is 1. The molecule has 96 valence electrons. The van der Waals surface area contributed by atoms with Gasteiger partial charge in [-0.3, -0.25) is 0 Å². The van der Waals surface area contributed by atoms with Crippen molar-refractivity contribution in [2.24, 2.45) is 0 Å². The lowest BCUT2D eigenvalue weighted by atomic mass is 10.1. The number of nitrogens with one attached hydrogen (secondary N) is 1. The van der Waals surface area contributed by atoms with Crippen molar-refractivity contribution in [3.63, 3.8) is 0 Å². The van der Waals surface area contributed by atoms with Crippen molar-refractivity contribution in [3.05, 3.63) is 11.1 Å². The van der Waals surface area contributed by atoms with Gasteiger partial charge in [0.15, 0.2) is 5.13 Å². The molecule has 1 N–H and O–H groups in total. The zero-order valence-corrected chi connectivity index (χ0v) is 11.7. The van der Waals surface area contributed by atoms with E-state index >= 15 is 0 Å². The van der Waals surface area contributed by atoms with Crippen molar-refractivity contribution in [1.82, 2.24) is 10.3 Å². The number of piperidine rings is 1. The highest BCUT2D eigenvalue weighted by Gasteiger charge is 2.20. The fourth-order valence-corrected chi connectivity index (χ4v) is 3.24. The van der Waals surface area contributed by atoms with Crippen molar-refractivity contribution in [2.75, 3.05) is 18.0 Å². The van der Waals surface area contributed by atoms with E-state index in [9.17, 15) is 0 Å². The van der Waals surface area contributed by atoms with E-state index in [1.807, 2.05) is 0 Å². The highest BCUT2D eigenvalue weighted by Crippen LogP contribution is 2.27. The predicted octanol–water partition coefficient (Wildman–Crippen LogP) is 3.02. The van der Waals surface area contributed by atoms with E-state index in [1.165, 1.54) is 43.1 Å². The highest BCUT2D eigenvalue weighted by atomic mass is 32.1. The molecule has 3 nitrogen and oxygen atoms in total. The molecule has 1 fully saturated rings. The van der Waals surface area contributed by atoms with Gasteiger partial charge >= 0.3 is 0 Å². The maximum absolute atomic E-state index is 4.74. The maximum Gasteiger partial charge on any atom is 0.185 e. The summed E-state index contributed by atoms with van der Waals surface area (Å²) in [6.45, 7) is 7.67. The molecule has 0 saturated carbocycles. The quantitative estimate of drug-likeness (QED) is 0.818. The fraction of sp³-hybridized carbons (Fsp3) is 0.769. The second-order valence-electron chi connectivity index (χ2n) is 4.84. The van der Waals surface area contributed by atoms with Gasteiger partial charge in [-0.1, -0.05) is 6.92 Å². The molecule has 1 atom stereocenters. The molecule has 4 heteroatoms. The van der Waals surface area contributed by atoms with E-state index in [-0.39, 0.29) is 0 Å². The Morgan fingerprint density at radius 3 is 3.18 bits per heavy atom. The molecule has 1 aliphatic rings. The monoisotopic (exact) mass is 253 g/mol. The molecule has 1 unspecified atom stereocenters. The maximum atomic E-state index is 4.74. The van der Waals surface area contributed by atoms with E-state index in [2.05, 4.69) is 29.4 Å². The second kappa shape index (κ2) is 6.36. The van der Waals surface area contributed by atoms with Gasteiger partial charge in [-0.05, 0) is 39.2 Å². The van der Waals surface area contributed by atoms with E-state index in [0.29, 0.717) is 6.04 Å². The average molecular weight is 253 g/mol. The van der Waals surface area contributed by atoms with Gasteiger partial charge in [-0.2, -0.15) is 0 Å². The molecule has 0 aliphatic carbocycles. The van der Waals surface area contributed by atoms with E-state index < -0.39 is 0 Å². The highest BCUT2D eigenvalue weighted by molar-refractivity contribution is 7.13. The average Bonchev–Trinajstić information content (AvgIpc) is 2.79. The fourth-order valence-electron chi connectivity index (χ4n) is 2.28. The Hall–Kier alpha value is -0.610. The minimum Gasteiger partial charge on any atom is -0.345 e. The summed E-state index contributed by atoms with van der Waals surface area (Å²) in [4.78, 5) is 7.21. The van der Waals surface area contributed by atoms with Crippen LogP contribution in [0, 0.1) is 0 Å². The van der Waals surface area contributed by atoms with Gasteiger partial charge < -0.3 is 10.2 Å². The topological polar surface area (TPSA) is 28.2 Å². The summed E-state index contributed by atoms with van der Waals surface area (Å²) in [6.07, 6.45) is 5.17. The number of aromatic nitrogens is 1. The third-order valence-corrected chi connectivity index (χ3v) is 4.25. The number of nitrogens with zero attached hydrogens (tertiary/aromatic N) is 2. The minimum absolute atomic E-state index is 0.659. The van der Waals surface area contributed by atoms with Gasteiger partial charge in [0.25, 0.3) is 0 Å². The molecule has 1 aromatic rings. The Bertz CT molecular complexity index is 337. The summed E-state index contributed by atoms with van der Waals surface area (Å²) in [5.74, 6) is 0. The van der Waals surface area contributed by atoms with Gasteiger partial charge in [-0.15, -0.1) is 11.3 Å². The molecule has 0 spiro atoms. The van der Waals surface area contributed by atoms with Crippen LogP contribution in [0.4, 0.5) is 5.13 Å². The summed E-state index contributed by atoms with van der Waals surface area (Å²) >= 11 is 1.79. The molecule has 1 saturated heterocycles. The molecule has 1 aromatic heterocycles. The van der Waals surface area contributed by atoms with Crippen LogP contribution < -0.4 is 10.2 Å². The van der Waals surface area contributed by atoms with Crippen molar-refractivity contribution in [2.45, 2.75) is 52.1 Å². The van der Waals surface area contributed by atoms with Gasteiger partial charge in [-0.25, -0.2) is 4.98 Å². The van der Waals surface area contributed by atoms with Crippen LogP contribution in [-0.2, 0) is 6.54 Å². The summed E-state index contributed by atoms with van der Waals surface area (Å²) in [5.41, 5.74) is 1.19. The Labute approximate surface area is 108 Å². The first-order valence-electron chi connectivity index (χ1n) is 6.73. The molecule has 2 rings (SSSR count). The number of hydrogen-bond donors (Lipinski definition) is 1. The summed E-state index contributed by atoms with van der Waals surface area (Å²) in [7, 11) is 0. The summed E-state index contributed by atoms with van der Waals surface area (Å²) in [6, 6.07) is 0.659. The standard InChI is InChI=1S/C13H23N3S/c1-3-7-14-9-12-10-17-13(15-12)16-8-5-4-6-11(16)2/h10-11,14H,3-9H2,1-2H3. The predicted molar refractivity (Wildman–Crippen MR) is 74.8 cm³/mol. The van der Waals surface area contributed by atoms with Crippen LogP contribution in [0.2, 0.25) is 0 Å². The first-order valence-corrected chi connectivity index (χ1v) is 7.61. The number of rotatable bonds is 5. The number of anilines is 1. The van der Waals surface area contributed by atoms with Crippen LogP contribution in [0.25, 0.3) is 0 Å². The van der Waals surface area contributed by atoms with Crippen molar-refractivity contribution >= 4 is 16.5 Å². The van der Waals surface area contributed by atoms with Crippen LogP contribution in [0.1, 0.15) is 45.2 Å². The van der Waals surface area contributed by atoms with Crippen LogP contribution >= 0.6 is 11.3 Å². The van der Waals surface area contributed by atoms with Crippen LogP contribution in [-0.4, -0.2) is 24.1 Å². The molecule has 0 bridgehead atoms. The van der Waals surface area contributed by atoms with Crippen LogP contribution in [0.3, 0.4) is 0 Å². The van der Waals surface area contributed by atoms with E-state index in [0.717, 1.165) is 13.1 Å². The van der Waals surface area contributed by atoms with Crippen molar-refractivity contribution in [1.29, 1.82) is 0 Å². The van der Waals surface area contributed by atoms with Gasteiger partial charge in [0, 0.05) is 24.5 Å². The second-order valence-corrected chi connectivity index (χ2v) is 5.67. The van der Waals surface area contributed by atoms with E-state index in [4.69, 9.17) is 4.98 Å². The molecular weight excluding hydrogens is 230 g/mol. The molecule has 17 heavy (non-hydrogen) atoms. The Kier molecular flexibility index (Phi) is 4.80. The minimum atomic E-state index is 0.659. The number of hydrogen-bond acceptors (Lipinski definition) is 4. The van der Waals surface area contributed by atoms with Crippen molar-refractivity contribution in [3.8, 4) is 0 Å². The largest absolute Gasteiger partial charge is 0.345 e. The molecule has 0 radical (unpaired) electrons. The van der Waals surface area contributed by atoms with Crippen LogP contribution in [0.15, 0.2) is 5.38 Å². The lowest BCUT2D eigenvalue weighted by Crippen LogP contribution is -2.37. The zero-order valence-electron chi connectivity index (χ0n) is 10.9. The van der Waals surface area contributed by atoms with Crippen molar-refractivity contribution < 1.29 is 0 Å². The lowest BCUT2D eigenvalue weighted by molar-refractivity contribution is 0.483. The third-order valence-electron chi connectivity index (χ3n) is 3.32. The lowest BCUT2D eigenvalue weighted by Gasteiger charge is -2.33. The first-order chi connectivity index (χ1) is 8.31. The van der Waals surface area contributed by atoms with Gasteiger partial charge in [0.05, 0.1) is 5.69 Å². The Morgan fingerprint density at radius 2 is 2.41 bits per heavy atom. The summed E-state index contributed by atoms with van der Waals surface area (Å²) in [5, 5.41) is 6.81. The molecule has 2 heterocycles. The first kappa shape index (κ1) is 12.8. The SMILES string of the molecule is CCCNCc1csc(N2CCCCC2C)n1. The van der Waals surface area contributed by atoms with Gasteiger partial charge in [0.1, 0.15) is 0 Å². The summed E-state index contributed by atoms with van der Waals surface area (Å²) < 4.78 is 0. The zero-order chi connectivity index (χ0) is 12.1. The molecular formula is C13H23N3S. The molecule has 0 amide bonds. The van der Waals surface area contributed by atoms with E-state index in [1.54, 1.807) is 11.3 Å². The Balaban J connectivity index is 1.92. The normalized spacial score (nSPS) is 20.8. The molecule has 1 aliphatic heterocycles. The van der Waals surface area contributed by atoms with Crippen LogP contribution in [0.5, 0.6) is 0 Å².